The topological polar surface area (TPSA) is 426 Å². The number of aliphatic hydroxyl groups is 1. The van der Waals surface area contributed by atoms with Gasteiger partial charge in [0.15, 0.2) is 11.5 Å². The predicted octanol–water partition coefficient (Wildman–Crippen LogP) is 4.70. The number of nitrogens with zero attached hydrogens (tertiary/aromatic N) is 7. The first-order chi connectivity index (χ1) is 31.2. The van der Waals surface area contributed by atoms with Gasteiger partial charge in [-0.1, -0.05) is 24.3 Å². The SMILES string of the molecule is N=C1C=CC2=C(O)C(=NN=C3C=CC(=C4C=CC(=NN=C5C(=O)c6c(N)cc(S(=O)(=O)O)cc6C=C5[S+](=O)(O)O)C=C4)C=C3)C(S(=O)(=O)O)=CC2=C1N=Nc1ccc(N(O)O)cc1S(=O)(=O)O. The molecule has 0 aliphatic heterocycles. The summed E-state index contributed by atoms with van der Waals surface area (Å²) in [6.45, 7) is 0. The summed E-state index contributed by atoms with van der Waals surface area (Å²) in [7, 11) is -19.9. The van der Waals surface area contributed by atoms with Crippen molar-refractivity contribution in [3.05, 3.63) is 152 Å². The molecule has 2 aromatic rings. The minimum absolute atomic E-state index is 0.121. The molecule has 25 nitrogen and oxygen atoms in total. The van der Waals surface area contributed by atoms with Gasteiger partial charge in [0.1, 0.15) is 26.9 Å². The number of nitrogens with two attached hydrogens (primary N) is 1. The highest BCUT2D eigenvalue weighted by molar-refractivity contribution is 7.97. The molecule has 0 bridgehead atoms. The number of hydrogen-bond acceptors (Lipinski definition) is 20. The van der Waals surface area contributed by atoms with Crippen LogP contribution in [0.2, 0.25) is 0 Å². The Morgan fingerprint density at radius 3 is 1.78 bits per heavy atom. The maximum Gasteiger partial charge on any atom is 0.388 e. The van der Waals surface area contributed by atoms with E-state index in [0.717, 1.165) is 42.5 Å². The molecule has 2 aromatic carbocycles. The fourth-order valence-corrected chi connectivity index (χ4v) is 8.91. The molecule has 7 rings (SSSR count). The van der Waals surface area contributed by atoms with Crippen LogP contribution in [0.4, 0.5) is 17.1 Å². The number of anilines is 2. The summed E-state index contributed by atoms with van der Waals surface area (Å²) in [6, 6.07) is 4.18. The summed E-state index contributed by atoms with van der Waals surface area (Å²) in [4.78, 5) is 9.84. The van der Waals surface area contributed by atoms with Crippen molar-refractivity contribution in [2.75, 3.05) is 11.0 Å². The maximum atomic E-state index is 13.4. The molecule has 0 radical (unpaired) electrons. The first-order valence-corrected chi connectivity index (χ1v) is 23.8. The number of ketones is 1. The van der Waals surface area contributed by atoms with Crippen molar-refractivity contribution in [1.29, 1.82) is 5.41 Å². The average Bonchev–Trinajstić information content (AvgIpc) is 3.24. The van der Waals surface area contributed by atoms with Gasteiger partial charge in [0, 0.05) is 22.9 Å². The van der Waals surface area contributed by atoms with Crippen LogP contribution in [0.3, 0.4) is 0 Å². The number of carbonyl (C=O) groups excluding carboxylic acids is 1. The summed E-state index contributed by atoms with van der Waals surface area (Å²) < 4.78 is 134. The lowest BCUT2D eigenvalue weighted by molar-refractivity contribution is 0.0290. The third-order valence-electron chi connectivity index (χ3n) is 9.51. The average molecular weight is 995 g/mol. The highest BCUT2D eigenvalue weighted by atomic mass is 32.3. The third kappa shape index (κ3) is 9.91. The van der Waals surface area contributed by atoms with E-state index in [-0.39, 0.29) is 33.7 Å². The van der Waals surface area contributed by atoms with Crippen molar-refractivity contribution in [2.45, 2.75) is 9.79 Å². The number of aliphatic hydroxyl groups excluding tert-OH is 1. The largest absolute Gasteiger partial charge is 0.505 e. The Morgan fingerprint density at radius 2 is 1.25 bits per heavy atom. The lowest BCUT2D eigenvalue weighted by atomic mass is 9.89. The lowest BCUT2D eigenvalue weighted by Gasteiger charge is -2.21. The number of carbonyl (C=O) groups is 1. The van der Waals surface area contributed by atoms with Gasteiger partial charge in [-0.15, -0.1) is 25.7 Å². The van der Waals surface area contributed by atoms with Gasteiger partial charge in [-0.25, -0.2) is 0 Å². The summed E-state index contributed by atoms with van der Waals surface area (Å²) in [5.41, 5.74) is 2.43. The molecule has 0 atom stereocenters. The van der Waals surface area contributed by atoms with E-state index >= 15 is 0 Å². The number of Topliss-reactive ketones (excluding diaryl/α,β-unsaturated/α-hetero) is 1. The van der Waals surface area contributed by atoms with Crippen LogP contribution >= 0.6 is 0 Å². The van der Waals surface area contributed by atoms with E-state index in [1.54, 1.807) is 24.3 Å². The molecule has 344 valence electrons. The van der Waals surface area contributed by atoms with Crippen LogP contribution in [0.25, 0.3) is 6.08 Å². The first kappa shape index (κ1) is 47.5. The fourth-order valence-electron chi connectivity index (χ4n) is 6.40. The number of benzene rings is 2. The second kappa shape index (κ2) is 17.4. The zero-order valence-electron chi connectivity index (χ0n) is 33.0. The molecule has 0 heterocycles. The predicted molar refractivity (Wildman–Crippen MR) is 240 cm³/mol. The van der Waals surface area contributed by atoms with Crippen LogP contribution in [0, 0.1) is 5.41 Å². The van der Waals surface area contributed by atoms with Crippen molar-refractivity contribution in [3.8, 4) is 0 Å². The van der Waals surface area contributed by atoms with Crippen LogP contribution in [-0.4, -0.2) is 97.9 Å². The van der Waals surface area contributed by atoms with E-state index in [9.17, 15) is 72.5 Å². The quantitative estimate of drug-likeness (QED) is 0.0535. The van der Waals surface area contributed by atoms with Crippen molar-refractivity contribution in [2.24, 2.45) is 30.6 Å². The van der Waals surface area contributed by atoms with Crippen LogP contribution in [0.15, 0.2) is 181 Å². The Kier molecular flexibility index (Phi) is 12.4. The molecular weight excluding hydrogens is 967 g/mol. The van der Waals surface area contributed by atoms with E-state index in [1.165, 1.54) is 30.4 Å². The number of azo groups is 1. The van der Waals surface area contributed by atoms with Crippen LogP contribution in [-0.2, 0) is 45.1 Å². The van der Waals surface area contributed by atoms with Gasteiger partial charge in [-0.2, -0.15) is 44.6 Å². The molecule has 0 unspecified atom stereocenters. The number of rotatable bonds is 9. The van der Waals surface area contributed by atoms with E-state index < -0.39 is 117 Å². The van der Waals surface area contributed by atoms with E-state index in [1.807, 2.05) is 0 Å². The van der Waals surface area contributed by atoms with Gasteiger partial charge in [0.05, 0.1) is 33.3 Å². The van der Waals surface area contributed by atoms with Gasteiger partial charge in [-0.05, 0) is 93.8 Å². The van der Waals surface area contributed by atoms with E-state index in [2.05, 4.69) is 30.6 Å². The number of allylic oxidation sites excluding steroid dienone is 17. The van der Waals surface area contributed by atoms with Crippen LogP contribution < -0.4 is 11.0 Å². The molecular formula is C38H28N9O16S4+. The first-order valence-electron chi connectivity index (χ1n) is 18.0. The number of nitrogen functional groups attached to an aromatic ring is 1. The molecule has 0 spiro atoms. The smallest absolute Gasteiger partial charge is 0.388 e. The van der Waals surface area contributed by atoms with Crippen LogP contribution in [0.5, 0.6) is 0 Å². The lowest BCUT2D eigenvalue weighted by Crippen LogP contribution is -2.29. The number of nitrogens with one attached hydrogen (secondary N) is 1. The van der Waals surface area contributed by atoms with Crippen molar-refractivity contribution >= 4 is 98.3 Å². The van der Waals surface area contributed by atoms with Gasteiger partial charge >= 0.3 is 10.5 Å². The van der Waals surface area contributed by atoms with Gasteiger partial charge in [-0.3, -0.25) is 34.3 Å². The summed E-state index contributed by atoms with van der Waals surface area (Å²) in [5.74, 6) is -1.91. The normalized spacial score (nSPS) is 18.9. The molecule has 0 saturated carbocycles. The minimum atomic E-state index is -5.19. The molecule has 5 aliphatic rings. The minimum Gasteiger partial charge on any atom is -0.505 e. The summed E-state index contributed by atoms with van der Waals surface area (Å²) >= 11 is 0. The molecule has 0 aromatic heterocycles. The molecule has 67 heavy (non-hydrogen) atoms. The maximum absolute atomic E-state index is 13.4. The Hall–Kier alpha value is -7.42. The van der Waals surface area contributed by atoms with Crippen molar-refractivity contribution in [3.63, 3.8) is 0 Å². The molecule has 0 amide bonds. The second-order valence-corrected chi connectivity index (χ2v) is 19.5. The van der Waals surface area contributed by atoms with Gasteiger partial charge in [0.25, 0.3) is 35.3 Å². The fraction of sp³-hybridized carbons (Fsp3) is 0. The Morgan fingerprint density at radius 1 is 0.672 bits per heavy atom. The van der Waals surface area contributed by atoms with Crippen molar-refractivity contribution < 1.29 is 72.5 Å². The van der Waals surface area contributed by atoms with Crippen molar-refractivity contribution in [1.82, 2.24) is 0 Å². The van der Waals surface area contributed by atoms with E-state index in [4.69, 9.17) is 11.1 Å². The summed E-state index contributed by atoms with van der Waals surface area (Å²) in [6.07, 6.45) is 16.1. The van der Waals surface area contributed by atoms with Gasteiger partial charge in [0.2, 0.25) is 5.78 Å². The standard InChI is InChI=1S/C38H27N9O16S4/c39-27-11-10-25-26(34(27)44-43-29-12-9-23(47(50)51)15-30(29)65(55,56)57)17-32(67(61,62)63)35(37(25)48)45-41-21-5-1-18(2-6-21)19-3-7-22(8-4-19)42-46-36-31(66(58,59)60)14-20-13-24(64(52,53)54)16-28(40)33(20)38(36)49/h1-17,50-51H,(H8-,39,40,43,48,49,52,53,54,55,56,57,58,59,60,61,62,63)/p+1. The summed E-state index contributed by atoms with van der Waals surface area (Å²) in [5, 5.41) is 60.9. The Balaban J connectivity index is 1.14. The monoisotopic (exact) mass is 994 g/mol. The molecule has 29 heteroatoms. The van der Waals surface area contributed by atoms with Gasteiger partial charge < -0.3 is 10.8 Å². The zero-order valence-corrected chi connectivity index (χ0v) is 36.3. The van der Waals surface area contributed by atoms with E-state index in [0.29, 0.717) is 17.2 Å². The third-order valence-corrected chi connectivity index (χ3v) is 13.0. The second-order valence-electron chi connectivity index (χ2n) is 13.8. The molecule has 0 saturated heterocycles. The molecule has 5 aliphatic carbocycles. The number of fused-ring (bicyclic) bond motifs is 2. The Bertz CT molecular complexity index is 3520. The highest BCUT2D eigenvalue weighted by Gasteiger charge is 2.43. The zero-order chi connectivity index (χ0) is 49.0. The molecule has 11 N–H and O–H groups in total. The highest BCUT2D eigenvalue weighted by Crippen LogP contribution is 2.37. The Labute approximate surface area is 377 Å². The molecule has 0 fully saturated rings. The van der Waals surface area contributed by atoms with Crippen LogP contribution in [0.1, 0.15) is 15.9 Å². The number of hydrogen-bond donors (Lipinski definition) is 10.